The van der Waals surface area contributed by atoms with Crippen molar-refractivity contribution < 1.29 is 26.3 Å². The van der Waals surface area contributed by atoms with E-state index in [1.807, 2.05) is 0 Å². The van der Waals surface area contributed by atoms with E-state index in [0.29, 0.717) is 11.3 Å². The number of hydrogen-bond donors (Lipinski definition) is 1. The fraction of sp³-hybridized carbons (Fsp3) is 0.273. The van der Waals surface area contributed by atoms with Gasteiger partial charge in [0.25, 0.3) is 0 Å². The molecule has 1 aliphatic heterocycles. The Morgan fingerprint density at radius 3 is 2.19 bits per heavy atom. The number of halogens is 3. The fourth-order valence-corrected chi connectivity index (χ4v) is 2.53. The van der Waals surface area contributed by atoms with Gasteiger partial charge in [0, 0.05) is 12.6 Å². The molecule has 6 nitrogen and oxygen atoms in total. The summed E-state index contributed by atoms with van der Waals surface area (Å²) in [4.78, 5) is 0. The van der Waals surface area contributed by atoms with Crippen molar-refractivity contribution in [1.82, 2.24) is 15.0 Å². The summed E-state index contributed by atoms with van der Waals surface area (Å²) in [5.74, 6) is -0.349. The number of nitrogens with one attached hydrogen (secondary N) is 1. The lowest BCUT2D eigenvalue weighted by Crippen LogP contribution is -2.41. The predicted octanol–water partition coefficient (Wildman–Crippen LogP) is 1.51. The Hall–Kier alpha value is -1.94. The van der Waals surface area contributed by atoms with Crippen LogP contribution >= 0.6 is 0 Å². The molecule has 1 aliphatic rings. The average Bonchev–Trinajstić information content (AvgIpc) is 2.70. The van der Waals surface area contributed by atoms with Crippen molar-refractivity contribution >= 4 is 15.7 Å². The van der Waals surface area contributed by atoms with Gasteiger partial charge in [-0.1, -0.05) is 0 Å². The number of ether oxygens (including phenoxy) is 1. The second-order valence-electron chi connectivity index (χ2n) is 4.29. The minimum atomic E-state index is -4.75. The van der Waals surface area contributed by atoms with Crippen LogP contribution in [-0.2, 0) is 10.0 Å². The molecule has 0 bridgehead atoms. The first kappa shape index (κ1) is 15.4. The monoisotopic (exact) mass is 323 g/mol. The maximum Gasteiger partial charge on any atom is 0.573 e. The zero-order chi connectivity index (χ0) is 15.8. The van der Waals surface area contributed by atoms with Gasteiger partial charge in [-0.25, -0.2) is 8.42 Å². The second kappa shape index (κ2) is 5.11. The lowest BCUT2D eigenvalue weighted by molar-refractivity contribution is -0.274. The van der Waals surface area contributed by atoms with Crippen LogP contribution in [0.25, 0.3) is 5.70 Å². The summed E-state index contributed by atoms with van der Waals surface area (Å²) in [6.45, 7) is 0. The van der Waals surface area contributed by atoms with E-state index in [4.69, 9.17) is 0 Å². The third-order valence-electron chi connectivity index (χ3n) is 2.56. The Kier molecular flexibility index (Phi) is 3.76. The first-order chi connectivity index (χ1) is 9.56. The second-order valence-corrected chi connectivity index (χ2v) is 6.13. The fourth-order valence-electron chi connectivity index (χ4n) is 1.74. The molecule has 1 aromatic rings. The number of sulfonamides is 1. The van der Waals surface area contributed by atoms with Crippen molar-refractivity contribution in [1.29, 1.82) is 0 Å². The highest BCUT2D eigenvalue weighted by atomic mass is 32.2. The largest absolute Gasteiger partial charge is 0.573 e. The molecule has 0 saturated heterocycles. The molecule has 21 heavy (non-hydrogen) atoms. The summed E-state index contributed by atoms with van der Waals surface area (Å²) >= 11 is 0. The lowest BCUT2D eigenvalue weighted by Gasteiger charge is -2.21. The number of rotatable bonds is 3. The average molecular weight is 323 g/mol. The van der Waals surface area contributed by atoms with E-state index >= 15 is 0 Å². The summed E-state index contributed by atoms with van der Waals surface area (Å²) < 4.78 is 63.9. The van der Waals surface area contributed by atoms with Gasteiger partial charge in [-0.2, -0.15) is 4.41 Å². The van der Waals surface area contributed by atoms with Gasteiger partial charge in [-0.3, -0.25) is 5.43 Å². The van der Waals surface area contributed by atoms with Crippen molar-refractivity contribution in [3.8, 4) is 5.75 Å². The molecule has 0 fully saturated rings. The van der Waals surface area contributed by atoms with Gasteiger partial charge in [-0.05, 0) is 24.3 Å². The van der Waals surface area contributed by atoms with Crippen LogP contribution in [0.1, 0.15) is 5.56 Å². The predicted molar refractivity (Wildman–Crippen MR) is 68.7 cm³/mol. The zero-order valence-electron chi connectivity index (χ0n) is 11.0. The van der Waals surface area contributed by atoms with Crippen LogP contribution in [0, 0.1) is 0 Å². The summed E-state index contributed by atoms with van der Waals surface area (Å²) in [7, 11) is -1.99. The van der Waals surface area contributed by atoms with Gasteiger partial charge in [-0.15, -0.1) is 18.3 Å². The molecule has 0 aromatic heterocycles. The first-order valence-electron chi connectivity index (χ1n) is 5.64. The molecule has 10 heteroatoms. The third kappa shape index (κ3) is 3.79. The van der Waals surface area contributed by atoms with Crippen molar-refractivity contribution in [2.75, 3.05) is 13.3 Å². The number of hydrazine groups is 2. The summed E-state index contributed by atoms with van der Waals surface area (Å²) in [6, 6.07) is 5.07. The molecular formula is C11H12F3N3O3S. The molecule has 1 heterocycles. The Morgan fingerprint density at radius 1 is 1.19 bits per heavy atom. The van der Waals surface area contributed by atoms with E-state index in [1.165, 1.54) is 30.5 Å². The summed E-state index contributed by atoms with van der Waals surface area (Å²) in [5, 5.41) is 1.24. The van der Waals surface area contributed by atoms with E-state index in [2.05, 4.69) is 10.2 Å². The molecule has 2 rings (SSSR count). The first-order valence-corrected chi connectivity index (χ1v) is 7.49. The van der Waals surface area contributed by atoms with Crippen molar-refractivity contribution in [3.05, 3.63) is 36.0 Å². The number of nitrogens with zero attached hydrogens (tertiary/aromatic N) is 2. The molecule has 0 unspecified atom stereocenters. The van der Waals surface area contributed by atoms with Crippen molar-refractivity contribution in [2.45, 2.75) is 6.36 Å². The molecule has 1 N–H and O–H groups in total. The number of hydrogen-bond acceptors (Lipinski definition) is 5. The van der Waals surface area contributed by atoms with Gasteiger partial charge in [0.2, 0.25) is 10.0 Å². The summed E-state index contributed by atoms with van der Waals surface area (Å²) in [5.41, 5.74) is 3.72. The molecule has 1 aromatic carbocycles. The molecule has 0 radical (unpaired) electrons. The van der Waals surface area contributed by atoms with Crippen LogP contribution in [0.4, 0.5) is 13.2 Å². The van der Waals surface area contributed by atoms with Crippen LogP contribution in [0.5, 0.6) is 5.75 Å². The van der Waals surface area contributed by atoms with Crippen molar-refractivity contribution in [3.63, 3.8) is 0 Å². The van der Waals surface area contributed by atoms with Crippen LogP contribution in [0.15, 0.2) is 30.5 Å². The normalized spacial score (nSPS) is 16.6. The van der Waals surface area contributed by atoms with E-state index in [1.54, 1.807) is 0 Å². The Labute approximate surface area is 119 Å². The maximum atomic E-state index is 12.1. The lowest BCUT2D eigenvalue weighted by atomic mass is 10.2. The van der Waals surface area contributed by atoms with Gasteiger partial charge in [0.1, 0.15) is 5.75 Å². The molecule has 0 spiro atoms. The smallest absolute Gasteiger partial charge is 0.406 e. The van der Waals surface area contributed by atoms with Gasteiger partial charge in [0.05, 0.1) is 18.2 Å². The number of benzene rings is 1. The topological polar surface area (TPSA) is 61.9 Å². The standard InChI is InChI=1S/C11H12F3N3O3S/c1-16-15-10(7-17(16)21(2,18)19)8-3-5-9(6-4-8)20-11(12,13)14/h3-7,15H,1-2H3. The van der Waals surface area contributed by atoms with E-state index < -0.39 is 16.4 Å². The quantitative estimate of drug-likeness (QED) is 0.914. The highest BCUT2D eigenvalue weighted by Crippen LogP contribution is 2.26. The SMILES string of the molecule is CN1NC(c2ccc(OC(F)(F)F)cc2)=CN1S(C)(=O)=O. The maximum absolute atomic E-state index is 12.1. The Bertz CT molecular complexity index is 656. The molecule has 116 valence electrons. The highest BCUT2D eigenvalue weighted by molar-refractivity contribution is 7.88. The van der Waals surface area contributed by atoms with Crippen LogP contribution in [0.2, 0.25) is 0 Å². The zero-order valence-corrected chi connectivity index (χ0v) is 11.9. The van der Waals surface area contributed by atoms with E-state index in [9.17, 15) is 21.6 Å². The van der Waals surface area contributed by atoms with Crippen molar-refractivity contribution in [2.24, 2.45) is 0 Å². The highest BCUT2D eigenvalue weighted by Gasteiger charge is 2.31. The summed E-state index contributed by atoms with van der Waals surface area (Å²) in [6.07, 6.45) is -2.39. The molecular weight excluding hydrogens is 311 g/mol. The number of alkyl halides is 3. The molecule has 0 aliphatic carbocycles. The Morgan fingerprint density at radius 2 is 1.76 bits per heavy atom. The van der Waals surface area contributed by atoms with E-state index in [0.717, 1.165) is 22.8 Å². The minimum absolute atomic E-state index is 0.349. The minimum Gasteiger partial charge on any atom is -0.406 e. The molecule has 0 amide bonds. The van der Waals surface area contributed by atoms with Gasteiger partial charge >= 0.3 is 6.36 Å². The molecule has 0 atom stereocenters. The van der Waals surface area contributed by atoms with E-state index in [-0.39, 0.29) is 5.75 Å². The van der Waals surface area contributed by atoms with Gasteiger partial charge in [0.15, 0.2) is 0 Å². The third-order valence-corrected chi connectivity index (χ3v) is 3.59. The molecule has 0 saturated carbocycles. The van der Waals surface area contributed by atoms with Crippen LogP contribution in [0.3, 0.4) is 0 Å². The van der Waals surface area contributed by atoms with Gasteiger partial charge < -0.3 is 4.74 Å². The van der Waals surface area contributed by atoms with Crippen LogP contribution < -0.4 is 10.2 Å². The Balaban J connectivity index is 2.20. The van der Waals surface area contributed by atoms with Crippen LogP contribution in [-0.4, -0.2) is 37.6 Å².